The first-order valence-electron chi connectivity index (χ1n) is 38.8. The van der Waals surface area contributed by atoms with Crippen LogP contribution in [0.15, 0.2) is 405 Å². The third-order valence-corrected chi connectivity index (χ3v) is 23.1. The van der Waals surface area contributed by atoms with Crippen molar-refractivity contribution in [3.05, 3.63) is 405 Å². The van der Waals surface area contributed by atoms with Gasteiger partial charge in [-0.15, -0.1) is 0 Å². The largest absolute Gasteiger partial charge is 0.494 e. The highest BCUT2D eigenvalue weighted by atomic mass is 79.9. The van der Waals surface area contributed by atoms with Crippen LogP contribution in [0, 0.1) is 0 Å². The molecule has 4 aromatic heterocycles. The smallest absolute Gasteiger partial charge is 0.399 e. The molecule has 10 heteroatoms. The van der Waals surface area contributed by atoms with Crippen LogP contribution in [-0.4, -0.2) is 46.6 Å². The summed E-state index contributed by atoms with van der Waals surface area (Å²) in [4.78, 5) is 9.96. The fourth-order valence-corrected chi connectivity index (χ4v) is 16.2. The number of nitrogens with zero attached hydrogens (tertiary/aromatic N) is 6. The highest BCUT2D eigenvalue weighted by molar-refractivity contribution is 9.10. The predicted molar refractivity (Wildman–Crippen MR) is 479 cm³/mol. The molecule has 5 heterocycles. The first-order valence-corrected chi connectivity index (χ1v) is 39.6. The maximum absolute atomic E-state index is 6.20. The molecular weight excluding hydrogens is 1460 g/mol. The second kappa shape index (κ2) is 30.0. The van der Waals surface area contributed by atoms with Crippen LogP contribution in [0.1, 0.15) is 27.7 Å². The van der Waals surface area contributed by atoms with Gasteiger partial charge in [-0.25, -0.2) is 9.97 Å². The minimum absolute atomic E-state index is 0.334. The number of halogens is 1. The molecule has 1 fully saturated rings. The number of aromatic nitrogens is 6. The molecule has 0 saturated carbocycles. The molecule has 1 saturated heterocycles. The van der Waals surface area contributed by atoms with E-state index in [0.29, 0.717) is 0 Å². The van der Waals surface area contributed by atoms with E-state index in [-0.39, 0.29) is 18.3 Å². The molecule has 1 aliphatic rings. The van der Waals surface area contributed by atoms with Crippen LogP contribution in [0.2, 0.25) is 0 Å². The summed E-state index contributed by atoms with van der Waals surface area (Å²) in [6.07, 6.45) is 0. The van der Waals surface area contributed by atoms with Gasteiger partial charge in [0, 0.05) is 59.9 Å². The lowest BCUT2D eigenvalue weighted by Crippen LogP contribution is -2.41. The van der Waals surface area contributed by atoms with E-state index in [1.807, 2.05) is 24.3 Å². The fourth-order valence-electron chi connectivity index (χ4n) is 15.9. The summed E-state index contributed by atoms with van der Waals surface area (Å²) in [7, 11) is -0.336. The van der Waals surface area contributed by atoms with E-state index < -0.39 is 0 Å². The Morgan fingerprint density at radius 3 is 0.763 bits per heavy atom. The zero-order valence-corrected chi connectivity index (χ0v) is 65.1. The molecule has 114 heavy (non-hydrogen) atoms. The normalized spacial score (nSPS) is 13.0. The molecule has 0 unspecified atom stereocenters. The lowest BCUT2D eigenvalue weighted by atomic mass is 9.78. The number of para-hydroxylation sites is 10. The molecule has 20 aromatic rings. The summed E-state index contributed by atoms with van der Waals surface area (Å²) < 4.78 is 22.7. The minimum atomic E-state index is -0.336. The summed E-state index contributed by atoms with van der Waals surface area (Å²) in [6.45, 7) is 8.33. The number of imidazole rings is 2. The van der Waals surface area contributed by atoms with Crippen LogP contribution < -0.4 is 5.46 Å². The van der Waals surface area contributed by atoms with Crippen molar-refractivity contribution in [3.8, 4) is 101 Å². The van der Waals surface area contributed by atoms with Gasteiger partial charge in [0.05, 0.1) is 55.3 Å². The zero-order valence-electron chi connectivity index (χ0n) is 63.6. The number of rotatable bonds is 12. The highest BCUT2D eigenvalue weighted by Crippen LogP contribution is 2.40. The summed E-state index contributed by atoms with van der Waals surface area (Å²) in [6, 6.07) is 142. The Kier molecular flexibility index (Phi) is 18.6. The Bertz CT molecular complexity index is 6730. The molecule has 0 radical (unpaired) electrons. The molecule has 0 aliphatic carbocycles. The van der Waals surface area contributed by atoms with Gasteiger partial charge in [0.15, 0.2) is 0 Å². The van der Waals surface area contributed by atoms with E-state index in [9.17, 15) is 0 Å². The van der Waals surface area contributed by atoms with Gasteiger partial charge in [-0.2, -0.15) is 0 Å². The molecule has 1 aliphatic heterocycles. The van der Waals surface area contributed by atoms with Crippen LogP contribution in [0.3, 0.4) is 0 Å². The summed E-state index contributed by atoms with van der Waals surface area (Å²) in [5, 5.41) is 5.11. The molecule has 0 atom stereocenters. The van der Waals surface area contributed by atoms with E-state index in [1.54, 1.807) is 0 Å². The molecule has 8 nitrogen and oxygen atoms in total. The number of hydrogen-bond donors (Lipinski definition) is 0. The van der Waals surface area contributed by atoms with Gasteiger partial charge in [-0.1, -0.05) is 307 Å². The van der Waals surface area contributed by atoms with Crippen LogP contribution in [0.5, 0.6) is 0 Å². The van der Waals surface area contributed by atoms with Crippen LogP contribution in [0.4, 0.5) is 0 Å². The average molecular weight is 1530 g/mol. The monoisotopic (exact) mass is 1530 g/mol. The van der Waals surface area contributed by atoms with Crippen LogP contribution >= 0.6 is 15.9 Å². The number of hydrogen-bond acceptors (Lipinski definition) is 4. The van der Waals surface area contributed by atoms with Gasteiger partial charge in [0.25, 0.3) is 0 Å². The van der Waals surface area contributed by atoms with Gasteiger partial charge >= 0.3 is 7.12 Å². The van der Waals surface area contributed by atoms with Crippen molar-refractivity contribution in [2.24, 2.45) is 0 Å². The first-order chi connectivity index (χ1) is 55.9. The lowest BCUT2D eigenvalue weighted by Gasteiger charge is -2.32. The Balaban J connectivity index is 0.000000122. The van der Waals surface area contributed by atoms with Gasteiger partial charge < -0.3 is 18.4 Å². The topological polar surface area (TPSA) is 64.0 Å². The minimum Gasteiger partial charge on any atom is -0.399 e. The van der Waals surface area contributed by atoms with Crippen molar-refractivity contribution in [2.45, 2.75) is 38.9 Å². The zero-order chi connectivity index (χ0) is 76.9. The van der Waals surface area contributed by atoms with E-state index in [1.165, 1.54) is 105 Å². The second-order valence-corrected chi connectivity index (χ2v) is 31.0. The molecule has 0 spiro atoms. The molecule has 546 valence electrons. The predicted octanol–water partition coefficient (Wildman–Crippen LogP) is 26.7. The molecule has 0 N–H and O–H groups in total. The number of fused-ring (bicyclic) bond motifs is 8. The SMILES string of the molecule is Brc1ccc(-c2ccc(-c3nc4ccccc4n3-c3ccccc3)cc2)cc1.CC1(C)OB(c2ccc(-c3ccc(-n4c5ccccc5c5ccccc54)cc3)cc2)OC1(C)C.c1ccc(-n2c(-c3ccc(-c4ccc(-c5ccc(-c6ccc(-n7c8ccccc8c8ccccc87)cc6)cc5)cc4)cc3)nc3ccccc32)cc1. The average Bonchev–Trinajstić information content (AvgIpc) is 1.62. The first kappa shape index (κ1) is 70.9. The molecular formula is C104H78BBrN6O2. The van der Waals surface area contributed by atoms with Crippen molar-refractivity contribution in [1.82, 2.24) is 28.2 Å². The Morgan fingerprint density at radius 2 is 0.456 bits per heavy atom. The Morgan fingerprint density at radius 1 is 0.228 bits per heavy atom. The Labute approximate surface area is 672 Å². The van der Waals surface area contributed by atoms with Gasteiger partial charge in [-0.3, -0.25) is 9.13 Å². The summed E-state index contributed by atoms with van der Waals surface area (Å²) in [5.74, 6) is 1.89. The van der Waals surface area contributed by atoms with Crippen molar-refractivity contribution < 1.29 is 9.31 Å². The highest BCUT2D eigenvalue weighted by Gasteiger charge is 2.51. The van der Waals surface area contributed by atoms with Crippen molar-refractivity contribution >= 4 is 94.2 Å². The van der Waals surface area contributed by atoms with E-state index in [2.05, 4.69) is 438 Å². The van der Waals surface area contributed by atoms with Crippen molar-refractivity contribution in [3.63, 3.8) is 0 Å². The van der Waals surface area contributed by atoms with Crippen molar-refractivity contribution in [1.29, 1.82) is 0 Å². The maximum Gasteiger partial charge on any atom is 0.494 e. The third-order valence-electron chi connectivity index (χ3n) is 22.6. The third kappa shape index (κ3) is 13.5. The number of benzene rings is 16. The quantitative estimate of drug-likeness (QED) is 0.114. The van der Waals surface area contributed by atoms with Gasteiger partial charge in [0.1, 0.15) is 11.6 Å². The maximum atomic E-state index is 6.20. The molecule has 0 bridgehead atoms. The van der Waals surface area contributed by atoms with Crippen LogP contribution in [-0.2, 0) is 9.31 Å². The molecule has 21 rings (SSSR count). The molecule has 16 aromatic carbocycles. The van der Waals surface area contributed by atoms with Crippen molar-refractivity contribution in [2.75, 3.05) is 0 Å². The lowest BCUT2D eigenvalue weighted by molar-refractivity contribution is 0.00578. The van der Waals surface area contributed by atoms with E-state index in [0.717, 1.165) is 71.8 Å². The fraction of sp³-hybridized carbons (Fsp3) is 0.0577. The summed E-state index contributed by atoms with van der Waals surface area (Å²) in [5.41, 5.74) is 28.1. The standard InChI is InChI=1S/C49H33N3.C30H28BNO2.C25H17BrN2/c1-2-10-41(11-3-1)52-48-17-9-6-14-45(48)50-49(52)40-28-26-38(27-29-40)36-20-18-34(19-21-36)35-22-24-37(25-23-35)39-30-32-42(33-31-39)51-46-15-7-4-12-43(46)44-13-5-8-16-47(44)51;1-29(2)30(3,4)34-31(33-29)23-17-13-21(14-18-23)22-15-19-24(20-16-22)32-27-11-7-5-9-25(27)26-10-6-8-12-28(26)32;26-21-16-14-19(15-17-21)18-10-12-20(13-11-18)25-27-23-8-4-5-9-24(23)28(25)22-6-2-1-3-7-22/h1-33H;5-20H,1-4H3;1-17H. The van der Waals surface area contributed by atoms with E-state index in [4.69, 9.17) is 19.3 Å². The van der Waals surface area contributed by atoms with Gasteiger partial charge in [-0.05, 0) is 198 Å². The second-order valence-electron chi connectivity index (χ2n) is 30.0. The molecule has 0 amide bonds. The van der Waals surface area contributed by atoms with Gasteiger partial charge in [0.2, 0.25) is 0 Å². The van der Waals surface area contributed by atoms with E-state index >= 15 is 0 Å². The van der Waals surface area contributed by atoms with Crippen LogP contribution in [0.25, 0.3) is 167 Å². The summed E-state index contributed by atoms with van der Waals surface area (Å²) >= 11 is 3.50. The Hall–Kier alpha value is -13.5.